The predicted octanol–water partition coefficient (Wildman–Crippen LogP) is 9.13. The number of benzene rings is 3. The monoisotopic (exact) mass is 709 g/mol. The number of esters is 1. The van der Waals surface area contributed by atoms with E-state index in [4.69, 9.17) is 51.1 Å². The average molecular weight is 711 g/mol. The Balaban J connectivity index is 1.52. The number of carbonyl (C=O) groups is 3. The highest BCUT2D eigenvalue weighted by Gasteiger charge is 2.67. The Bertz CT molecular complexity index is 1690. The molecule has 1 fully saturated rings. The molecule has 0 aliphatic heterocycles. The third-order valence-corrected chi connectivity index (χ3v) is 8.32. The number of Topliss-reactive ketones (excluding diaryl/α,β-unsaturated/α-hetero) is 1. The number of ketones is 1. The van der Waals surface area contributed by atoms with Crippen molar-refractivity contribution >= 4 is 69.8 Å². The molecule has 0 aromatic heterocycles. The van der Waals surface area contributed by atoms with Crippen LogP contribution in [0.2, 0.25) is 10.0 Å². The van der Waals surface area contributed by atoms with Crippen LogP contribution < -0.4 is 5.32 Å². The first-order chi connectivity index (χ1) is 20.7. The lowest BCUT2D eigenvalue weighted by Crippen LogP contribution is -2.25. The summed E-state index contributed by atoms with van der Waals surface area (Å²) in [5, 5.41) is 2.27. The molecule has 1 N–H and O–H groups in total. The molecule has 0 spiro atoms. The molecule has 2 atom stereocenters. The Labute approximate surface area is 274 Å². The number of ether oxygens (including phenoxy) is 1. The normalized spacial score (nSPS) is 17.5. The second kappa shape index (κ2) is 12.7. The van der Waals surface area contributed by atoms with Gasteiger partial charge >= 0.3 is 12.1 Å². The third kappa shape index (κ3) is 8.09. The summed E-state index contributed by atoms with van der Waals surface area (Å²) in [6.07, 6.45) is -5.97. The van der Waals surface area contributed by atoms with E-state index in [1.54, 1.807) is 20.8 Å². The van der Waals surface area contributed by atoms with Gasteiger partial charge in [0, 0.05) is 34.2 Å². The van der Waals surface area contributed by atoms with Crippen molar-refractivity contribution in [2.24, 2.45) is 5.92 Å². The van der Waals surface area contributed by atoms with E-state index in [2.05, 4.69) is 5.32 Å². The molecule has 240 valence electrons. The van der Waals surface area contributed by atoms with Crippen molar-refractivity contribution in [3.05, 3.63) is 98.0 Å². The molecule has 5 nitrogen and oxygen atoms in total. The molecule has 0 bridgehead atoms. The highest BCUT2D eigenvalue weighted by molar-refractivity contribution is 6.53. The van der Waals surface area contributed by atoms with Crippen molar-refractivity contribution in [2.75, 3.05) is 5.32 Å². The van der Waals surface area contributed by atoms with E-state index >= 15 is 4.39 Å². The van der Waals surface area contributed by atoms with Crippen molar-refractivity contribution in [1.29, 1.82) is 0 Å². The van der Waals surface area contributed by atoms with Gasteiger partial charge in [0.2, 0.25) is 5.91 Å². The molecule has 0 heterocycles. The Morgan fingerprint density at radius 1 is 0.933 bits per heavy atom. The molecule has 1 amide bonds. The fourth-order valence-electron chi connectivity index (χ4n) is 4.79. The summed E-state index contributed by atoms with van der Waals surface area (Å²) in [5.74, 6) is -6.59. The summed E-state index contributed by atoms with van der Waals surface area (Å²) in [7, 11) is 0. The van der Waals surface area contributed by atoms with Crippen molar-refractivity contribution in [3.8, 4) is 0 Å². The van der Waals surface area contributed by atoms with E-state index in [1.165, 1.54) is 24.3 Å². The van der Waals surface area contributed by atoms with Crippen LogP contribution in [0.3, 0.4) is 0 Å². The SMILES string of the molecule is CC(C)(C)OC(=O)Cc1c(F)ccc(CC(=O)c2cc(NC(=O)C3C(c4cc(Cl)cc(C(F)(F)F)c4)C3(Cl)Cl)ccc2Cl)c1F. The summed E-state index contributed by atoms with van der Waals surface area (Å²) >= 11 is 24.7. The van der Waals surface area contributed by atoms with Gasteiger partial charge in [-0.3, -0.25) is 14.4 Å². The molecule has 0 saturated heterocycles. The van der Waals surface area contributed by atoms with Gasteiger partial charge in [-0.1, -0.05) is 29.3 Å². The highest BCUT2D eigenvalue weighted by Crippen LogP contribution is 2.65. The van der Waals surface area contributed by atoms with Crippen molar-refractivity contribution in [3.63, 3.8) is 0 Å². The second-order valence-corrected chi connectivity index (χ2v) is 13.7. The van der Waals surface area contributed by atoms with Crippen LogP contribution in [0.25, 0.3) is 0 Å². The van der Waals surface area contributed by atoms with Crippen LogP contribution in [0.5, 0.6) is 0 Å². The van der Waals surface area contributed by atoms with Crippen LogP contribution in [0, 0.1) is 17.6 Å². The molecular formula is C31H24Cl4F5NO4. The van der Waals surface area contributed by atoms with Crippen LogP contribution in [-0.2, 0) is 33.3 Å². The number of halogens is 9. The van der Waals surface area contributed by atoms with Crippen LogP contribution in [0.1, 0.15) is 59.3 Å². The summed E-state index contributed by atoms with van der Waals surface area (Å²) < 4.78 is 72.9. The topological polar surface area (TPSA) is 72.5 Å². The summed E-state index contributed by atoms with van der Waals surface area (Å²) in [6.45, 7) is 4.80. The second-order valence-electron chi connectivity index (χ2n) is 11.4. The van der Waals surface area contributed by atoms with Gasteiger partial charge in [0.25, 0.3) is 0 Å². The van der Waals surface area contributed by atoms with Crippen molar-refractivity contribution in [1.82, 2.24) is 0 Å². The molecule has 3 aromatic rings. The maximum Gasteiger partial charge on any atom is 0.416 e. The summed E-state index contributed by atoms with van der Waals surface area (Å²) in [4.78, 5) is 38.5. The zero-order valence-electron chi connectivity index (χ0n) is 23.7. The van der Waals surface area contributed by atoms with Crippen LogP contribution >= 0.6 is 46.4 Å². The van der Waals surface area contributed by atoms with E-state index in [-0.39, 0.29) is 32.4 Å². The predicted molar refractivity (Wildman–Crippen MR) is 161 cm³/mol. The minimum Gasteiger partial charge on any atom is -0.460 e. The van der Waals surface area contributed by atoms with E-state index in [0.29, 0.717) is 0 Å². The molecule has 0 radical (unpaired) electrons. The molecule has 14 heteroatoms. The standard InChI is InChI=1S/C31H24Cl4F5NO4/c1-29(2,3)45-24(43)13-20-22(36)7-4-14(27(20)37)10-23(42)19-12-18(5-6-21(19)33)41-28(44)26-25(30(26,34)35)15-8-16(31(38,39)40)11-17(32)9-15/h4-9,11-12,25-26H,10,13H2,1-3H3,(H,41,44). The van der Waals surface area contributed by atoms with Crippen LogP contribution in [0.4, 0.5) is 27.6 Å². The van der Waals surface area contributed by atoms with Gasteiger partial charge in [0.15, 0.2) is 5.78 Å². The van der Waals surface area contributed by atoms with Gasteiger partial charge in [0.1, 0.15) is 21.6 Å². The molecule has 4 rings (SSSR count). The molecule has 2 unspecified atom stereocenters. The Hall–Kier alpha value is -2.92. The summed E-state index contributed by atoms with van der Waals surface area (Å²) in [5.41, 5.74) is -2.72. The van der Waals surface area contributed by atoms with Gasteiger partial charge in [-0.05, 0) is 74.4 Å². The Kier molecular flexibility index (Phi) is 9.86. The maximum atomic E-state index is 15.2. The lowest BCUT2D eigenvalue weighted by Gasteiger charge is -2.20. The van der Waals surface area contributed by atoms with Gasteiger partial charge < -0.3 is 10.1 Å². The molecule has 1 saturated carbocycles. The van der Waals surface area contributed by atoms with Crippen LogP contribution in [0.15, 0.2) is 48.5 Å². The number of hydrogen-bond acceptors (Lipinski definition) is 4. The molecule has 1 aliphatic carbocycles. The number of hydrogen-bond donors (Lipinski definition) is 1. The van der Waals surface area contributed by atoms with Crippen molar-refractivity contribution in [2.45, 2.75) is 55.6 Å². The number of nitrogens with one attached hydrogen (secondary N) is 1. The van der Waals surface area contributed by atoms with E-state index in [1.807, 2.05) is 0 Å². The fourth-order valence-corrected chi connectivity index (χ4v) is 6.09. The zero-order chi connectivity index (χ0) is 33.6. The number of rotatable bonds is 8. The minimum absolute atomic E-state index is 0.0133. The van der Waals surface area contributed by atoms with Gasteiger partial charge in [-0.2, -0.15) is 13.2 Å². The smallest absolute Gasteiger partial charge is 0.416 e. The molecular weight excluding hydrogens is 687 g/mol. The maximum absolute atomic E-state index is 15.2. The number of anilines is 1. The number of amides is 1. The fraction of sp³-hybridized carbons (Fsp3) is 0.323. The first-order valence-electron chi connectivity index (χ1n) is 13.3. The van der Waals surface area contributed by atoms with E-state index in [9.17, 15) is 31.9 Å². The number of alkyl halides is 5. The lowest BCUT2D eigenvalue weighted by molar-refractivity contribution is -0.154. The first-order valence-corrected chi connectivity index (χ1v) is 14.8. The average Bonchev–Trinajstić information content (AvgIpc) is 3.49. The Morgan fingerprint density at radius 3 is 2.22 bits per heavy atom. The van der Waals surface area contributed by atoms with Gasteiger partial charge in [0.05, 0.1) is 22.9 Å². The summed E-state index contributed by atoms with van der Waals surface area (Å²) in [6, 6.07) is 8.65. The Morgan fingerprint density at radius 2 is 1.60 bits per heavy atom. The zero-order valence-corrected chi connectivity index (χ0v) is 26.7. The number of carbonyl (C=O) groups excluding carboxylic acids is 3. The van der Waals surface area contributed by atoms with Crippen LogP contribution in [-0.4, -0.2) is 27.6 Å². The molecule has 45 heavy (non-hydrogen) atoms. The van der Waals surface area contributed by atoms with Gasteiger partial charge in [-0.15, -0.1) is 23.2 Å². The van der Waals surface area contributed by atoms with E-state index in [0.717, 1.165) is 24.3 Å². The van der Waals surface area contributed by atoms with Crippen molar-refractivity contribution < 1.29 is 41.1 Å². The molecule has 1 aliphatic rings. The lowest BCUT2D eigenvalue weighted by atomic mass is 9.98. The first kappa shape index (κ1) is 34.9. The van der Waals surface area contributed by atoms with Gasteiger partial charge in [-0.25, -0.2) is 8.78 Å². The quantitative estimate of drug-likeness (QED) is 0.110. The minimum atomic E-state index is -4.70. The molecule has 3 aromatic carbocycles. The largest absolute Gasteiger partial charge is 0.460 e. The van der Waals surface area contributed by atoms with E-state index < -0.39 is 81.2 Å². The highest BCUT2D eigenvalue weighted by atomic mass is 35.5. The third-order valence-electron chi connectivity index (χ3n) is 6.84.